The third kappa shape index (κ3) is 2.54. The molecule has 0 aliphatic heterocycles. The lowest BCUT2D eigenvalue weighted by Crippen LogP contribution is -2.25. The monoisotopic (exact) mass is 273 g/mol. The summed E-state index contributed by atoms with van der Waals surface area (Å²) in [7, 11) is 0. The Morgan fingerprint density at radius 1 is 1.30 bits per heavy atom. The fourth-order valence-corrected chi connectivity index (χ4v) is 3.59. The van der Waals surface area contributed by atoms with Gasteiger partial charge < -0.3 is 9.94 Å². The minimum Gasteiger partial charge on any atom is -0.490 e. The molecule has 2 unspecified atom stereocenters. The van der Waals surface area contributed by atoms with Gasteiger partial charge in [0, 0.05) is 11.1 Å². The van der Waals surface area contributed by atoms with E-state index in [4.69, 9.17) is 9.94 Å². The quantitative estimate of drug-likeness (QED) is 0.663. The van der Waals surface area contributed by atoms with Crippen LogP contribution >= 0.6 is 0 Å². The molecule has 1 aromatic rings. The van der Waals surface area contributed by atoms with Crippen molar-refractivity contribution < 1.29 is 9.94 Å². The summed E-state index contributed by atoms with van der Waals surface area (Å²) >= 11 is 0. The van der Waals surface area contributed by atoms with Crippen molar-refractivity contribution in [2.45, 2.75) is 58.0 Å². The molecule has 0 bridgehead atoms. The van der Waals surface area contributed by atoms with Gasteiger partial charge in [0.15, 0.2) is 0 Å². The van der Waals surface area contributed by atoms with E-state index in [0.717, 1.165) is 35.8 Å². The molecular formula is C17H23NO2. The van der Waals surface area contributed by atoms with E-state index in [1.165, 1.54) is 37.7 Å². The first-order chi connectivity index (χ1) is 9.81. The van der Waals surface area contributed by atoms with Crippen LogP contribution in [0.15, 0.2) is 23.4 Å². The van der Waals surface area contributed by atoms with Crippen molar-refractivity contribution >= 4 is 5.71 Å². The van der Waals surface area contributed by atoms with Crippen molar-refractivity contribution in [3.63, 3.8) is 0 Å². The summed E-state index contributed by atoms with van der Waals surface area (Å²) in [5.74, 6) is 1.82. The molecule has 2 aliphatic rings. The Balaban J connectivity index is 1.77. The van der Waals surface area contributed by atoms with Crippen molar-refractivity contribution in [3.8, 4) is 5.75 Å². The highest BCUT2D eigenvalue weighted by molar-refractivity contribution is 6.04. The minimum atomic E-state index is 0.357. The molecule has 20 heavy (non-hydrogen) atoms. The van der Waals surface area contributed by atoms with Crippen molar-refractivity contribution in [1.29, 1.82) is 0 Å². The average molecular weight is 273 g/mol. The summed E-state index contributed by atoms with van der Waals surface area (Å²) in [5.41, 5.74) is 3.08. The summed E-state index contributed by atoms with van der Waals surface area (Å²) in [5, 5.41) is 12.4. The Bertz CT molecular complexity index is 510. The third-order valence-electron chi connectivity index (χ3n) is 4.78. The molecule has 0 aromatic heterocycles. The molecule has 1 fully saturated rings. The van der Waals surface area contributed by atoms with Crippen LogP contribution in [0, 0.1) is 5.92 Å². The van der Waals surface area contributed by atoms with Gasteiger partial charge in [0.25, 0.3) is 0 Å². The number of oxime groups is 1. The highest BCUT2D eigenvalue weighted by atomic mass is 16.5. The molecule has 0 heterocycles. The van der Waals surface area contributed by atoms with Crippen molar-refractivity contribution in [2.75, 3.05) is 0 Å². The largest absolute Gasteiger partial charge is 0.490 e. The molecule has 1 saturated carbocycles. The summed E-state index contributed by atoms with van der Waals surface area (Å²) in [6.45, 7) is 2.28. The van der Waals surface area contributed by atoms with E-state index in [9.17, 15) is 0 Å². The van der Waals surface area contributed by atoms with Crippen molar-refractivity contribution in [3.05, 3.63) is 29.3 Å². The molecule has 3 heteroatoms. The second-order valence-electron chi connectivity index (χ2n) is 6.01. The predicted molar refractivity (Wildman–Crippen MR) is 79.8 cm³/mol. The maximum Gasteiger partial charge on any atom is 0.123 e. The molecule has 3 nitrogen and oxygen atoms in total. The molecule has 108 valence electrons. The zero-order valence-electron chi connectivity index (χ0n) is 12.1. The van der Waals surface area contributed by atoms with Gasteiger partial charge in [0.05, 0.1) is 11.8 Å². The second kappa shape index (κ2) is 5.86. The molecule has 3 rings (SSSR count). The molecule has 0 radical (unpaired) electrons. The van der Waals surface area contributed by atoms with Crippen LogP contribution in [0.5, 0.6) is 5.75 Å². The molecule has 0 saturated heterocycles. The summed E-state index contributed by atoms with van der Waals surface area (Å²) in [6, 6.07) is 6.10. The fraction of sp³-hybridized carbons (Fsp3) is 0.588. The Labute approximate surface area is 120 Å². The minimum absolute atomic E-state index is 0.357. The number of ether oxygens (including phenoxy) is 1. The van der Waals surface area contributed by atoms with Crippen LogP contribution < -0.4 is 4.74 Å². The average Bonchev–Trinajstić information content (AvgIpc) is 2.91. The van der Waals surface area contributed by atoms with Crippen molar-refractivity contribution in [1.82, 2.24) is 0 Å². The Hall–Kier alpha value is -1.51. The highest BCUT2D eigenvalue weighted by Crippen LogP contribution is 2.35. The molecule has 0 spiro atoms. The van der Waals surface area contributed by atoms with E-state index in [0.29, 0.717) is 6.10 Å². The first-order valence-electron chi connectivity index (χ1n) is 7.81. The van der Waals surface area contributed by atoms with E-state index >= 15 is 0 Å². The van der Waals surface area contributed by atoms with Gasteiger partial charge in [-0.3, -0.25) is 0 Å². The number of hydrogen-bond donors (Lipinski definition) is 1. The number of rotatable bonds is 3. The lowest BCUT2D eigenvalue weighted by atomic mass is 9.85. The molecule has 0 amide bonds. The van der Waals surface area contributed by atoms with Gasteiger partial charge in [-0.25, -0.2) is 0 Å². The van der Waals surface area contributed by atoms with E-state index in [1.54, 1.807) is 0 Å². The SMILES string of the molecule is CCC1CCCC(Oc2cccc3c2CCC3=NO)C1. The standard InChI is InChI=1S/C17H23NO2/c1-2-12-5-3-6-13(11-12)20-17-8-4-7-14-15(17)9-10-16(14)18-19/h4,7-8,12-13,19H,2-3,5-6,9-11H2,1H3. The lowest BCUT2D eigenvalue weighted by Gasteiger charge is -2.29. The normalized spacial score (nSPS) is 27.6. The molecular weight excluding hydrogens is 250 g/mol. The van der Waals surface area contributed by atoms with Crippen LogP contribution in [0.1, 0.15) is 56.6 Å². The molecule has 2 atom stereocenters. The van der Waals surface area contributed by atoms with Crippen LogP contribution in [0.3, 0.4) is 0 Å². The van der Waals surface area contributed by atoms with Gasteiger partial charge in [-0.2, -0.15) is 0 Å². The van der Waals surface area contributed by atoms with E-state index in [2.05, 4.69) is 18.1 Å². The number of fused-ring (bicyclic) bond motifs is 1. The van der Waals surface area contributed by atoms with Gasteiger partial charge >= 0.3 is 0 Å². The third-order valence-corrected chi connectivity index (χ3v) is 4.78. The fourth-order valence-electron chi connectivity index (χ4n) is 3.59. The predicted octanol–water partition coefficient (Wildman–Crippen LogP) is 4.16. The van der Waals surface area contributed by atoms with Gasteiger partial charge in [0.2, 0.25) is 0 Å². The van der Waals surface area contributed by atoms with E-state index in [1.807, 2.05) is 12.1 Å². The zero-order valence-corrected chi connectivity index (χ0v) is 12.1. The topological polar surface area (TPSA) is 41.8 Å². The summed E-state index contributed by atoms with van der Waals surface area (Å²) in [4.78, 5) is 0. The van der Waals surface area contributed by atoms with Crippen molar-refractivity contribution in [2.24, 2.45) is 11.1 Å². The number of benzene rings is 1. The van der Waals surface area contributed by atoms with Gasteiger partial charge in [0.1, 0.15) is 5.75 Å². The van der Waals surface area contributed by atoms with Crippen LogP contribution in [0.4, 0.5) is 0 Å². The zero-order chi connectivity index (χ0) is 13.9. The summed E-state index contributed by atoms with van der Waals surface area (Å²) in [6.07, 6.45) is 8.33. The summed E-state index contributed by atoms with van der Waals surface area (Å²) < 4.78 is 6.29. The maximum absolute atomic E-state index is 9.04. The van der Waals surface area contributed by atoms with Crippen LogP contribution in [0.25, 0.3) is 0 Å². The number of hydrogen-bond acceptors (Lipinski definition) is 3. The van der Waals surface area contributed by atoms with E-state index in [-0.39, 0.29) is 0 Å². The van der Waals surface area contributed by atoms with E-state index < -0.39 is 0 Å². The Morgan fingerprint density at radius 2 is 2.20 bits per heavy atom. The maximum atomic E-state index is 9.04. The van der Waals surface area contributed by atoms with Crippen LogP contribution in [-0.4, -0.2) is 17.0 Å². The van der Waals surface area contributed by atoms with Gasteiger partial charge in [-0.05, 0) is 44.1 Å². The molecule has 1 aromatic carbocycles. The smallest absolute Gasteiger partial charge is 0.123 e. The lowest BCUT2D eigenvalue weighted by molar-refractivity contribution is 0.121. The Morgan fingerprint density at radius 3 is 3.00 bits per heavy atom. The highest BCUT2D eigenvalue weighted by Gasteiger charge is 2.26. The first kappa shape index (κ1) is 13.5. The molecule has 1 N–H and O–H groups in total. The molecule has 2 aliphatic carbocycles. The Kier molecular flexibility index (Phi) is 3.95. The first-order valence-corrected chi connectivity index (χ1v) is 7.81. The van der Waals surface area contributed by atoms with Crippen LogP contribution in [-0.2, 0) is 6.42 Å². The van der Waals surface area contributed by atoms with Gasteiger partial charge in [-0.1, -0.05) is 37.1 Å². The van der Waals surface area contributed by atoms with Gasteiger partial charge in [-0.15, -0.1) is 0 Å². The second-order valence-corrected chi connectivity index (χ2v) is 6.01. The number of nitrogens with zero attached hydrogens (tertiary/aromatic N) is 1. The van der Waals surface area contributed by atoms with Crippen LogP contribution in [0.2, 0.25) is 0 Å².